The van der Waals surface area contributed by atoms with Crippen LogP contribution in [0.15, 0.2) is 41.6 Å². The van der Waals surface area contributed by atoms with E-state index >= 15 is 0 Å². The van der Waals surface area contributed by atoms with Gasteiger partial charge >= 0.3 is 0 Å². The van der Waals surface area contributed by atoms with Crippen LogP contribution in [0.25, 0.3) is 0 Å². The summed E-state index contributed by atoms with van der Waals surface area (Å²) < 4.78 is 29.4. The standard InChI is InChI=1S/C17H23N3O2S/c1-3-19-13-10-18-17(19)15-8-11-20(12-9-15)23(21,22)16-7-5-4-6-14(16)2/h4-7,10,13,15H,3,8-9,11-12H2,1-2H3. The van der Waals surface area contributed by atoms with Crippen molar-refractivity contribution in [1.82, 2.24) is 13.9 Å². The molecule has 2 aromatic rings. The summed E-state index contributed by atoms with van der Waals surface area (Å²) in [6.07, 6.45) is 5.46. The minimum absolute atomic E-state index is 0.341. The third-order valence-corrected chi connectivity index (χ3v) is 6.68. The SMILES string of the molecule is CCn1ccnc1C1CCN(S(=O)(=O)c2ccccc2C)CC1. The Morgan fingerprint density at radius 2 is 1.91 bits per heavy atom. The zero-order valence-electron chi connectivity index (χ0n) is 13.6. The fourth-order valence-electron chi connectivity index (χ4n) is 3.29. The second-order valence-corrected chi connectivity index (χ2v) is 7.92. The highest BCUT2D eigenvalue weighted by atomic mass is 32.2. The molecule has 0 aliphatic carbocycles. The smallest absolute Gasteiger partial charge is 0.243 e. The van der Waals surface area contributed by atoms with Gasteiger partial charge in [0.1, 0.15) is 5.82 Å². The Morgan fingerprint density at radius 1 is 1.22 bits per heavy atom. The predicted octanol–water partition coefficient (Wildman–Crippen LogP) is 2.78. The number of piperidine rings is 1. The molecule has 23 heavy (non-hydrogen) atoms. The van der Waals surface area contributed by atoms with Crippen LogP contribution in [0.5, 0.6) is 0 Å². The lowest BCUT2D eigenvalue weighted by atomic mass is 9.97. The molecule has 3 rings (SSSR count). The third kappa shape index (κ3) is 3.05. The minimum atomic E-state index is -3.39. The van der Waals surface area contributed by atoms with Gasteiger partial charge in [-0.2, -0.15) is 4.31 Å². The summed E-state index contributed by atoms with van der Waals surface area (Å²) in [7, 11) is -3.39. The molecule has 1 aliphatic heterocycles. The lowest BCUT2D eigenvalue weighted by Crippen LogP contribution is -2.38. The zero-order valence-corrected chi connectivity index (χ0v) is 14.5. The Labute approximate surface area is 138 Å². The Kier molecular flexibility index (Phi) is 4.55. The maximum absolute atomic E-state index is 12.8. The molecular formula is C17H23N3O2S. The van der Waals surface area contributed by atoms with E-state index < -0.39 is 10.0 Å². The van der Waals surface area contributed by atoms with Crippen molar-refractivity contribution in [3.05, 3.63) is 48.0 Å². The number of sulfonamides is 1. The van der Waals surface area contributed by atoms with Gasteiger partial charge in [0, 0.05) is 37.9 Å². The molecule has 2 heterocycles. The molecule has 1 aliphatic rings. The summed E-state index contributed by atoms with van der Waals surface area (Å²) in [5, 5.41) is 0. The Balaban J connectivity index is 1.75. The molecule has 0 saturated carbocycles. The van der Waals surface area contributed by atoms with E-state index in [1.807, 2.05) is 31.5 Å². The van der Waals surface area contributed by atoms with Gasteiger partial charge < -0.3 is 4.57 Å². The molecule has 0 amide bonds. The van der Waals surface area contributed by atoms with Crippen molar-refractivity contribution in [1.29, 1.82) is 0 Å². The molecule has 0 unspecified atom stereocenters. The first-order valence-corrected chi connectivity index (χ1v) is 9.55. The number of imidazole rings is 1. The summed E-state index contributed by atoms with van der Waals surface area (Å²) in [5.41, 5.74) is 0.802. The average molecular weight is 333 g/mol. The lowest BCUT2D eigenvalue weighted by Gasteiger charge is -2.31. The first-order valence-electron chi connectivity index (χ1n) is 8.11. The second kappa shape index (κ2) is 6.45. The number of benzene rings is 1. The van der Waals surface area contributed by atoms with Crippen molar-refractivity contribution in [2.75, 3.05) is 13.1 Å². The van der Waals surface area contributed by atoms with E-state index in [2.05, 4.69) is 16.5 Å². The van der Waals surface area contributed by atoms with Crippen LogP contribution in [0.1, 0.15) is 37.1 Å². The Morgan fingerprint density at radius 3 is 2.57 bits per heavy atom. The molecule has 6 heteroatoms. The van der Waals surface area contributed by atoms with Crippen molar-refractivity contribution in [2.24, 2.45) is 0 Å². The van der Waals surface area contributed by atoms with Gasteiger partial charge in [0.2, 0.25) is 10.0 Å². The van der Waals surface area contributed by atoms with Gasteiger partial charge in [0.05, 0.1) is 4.90 Å². The average Bonchev–Trinajstić information content (AvgIpc) is 3.04. The van der Waals surface area contributed by atoms with E-state index in [1.165, 1.54) is 0 Å². The summed E-state index contributed by atoms with van der Waals surface area (Å²) in [5.74, 6) is 1.42. The van der Waals surface area contributed by atoms with Crippen molar-refractivity contribution in [2.45, 2.75) is 44.0 Å². The maximum atomic E-state index is 12.8. The van der Waals surface area contributed by atoms with Crippen molar-refractivity contribution < 1.29 is 8.42 Å². The largest absolute Gasteiger partial charge is 0.335 e. The highest BCUT2D eigenvalue weighted by Gasteiger charge is 2.31. The molecule has 124 valence electrons. The van der Waals surface area contributed by atoms with Gasteiger partial charge in [-0.1, -0.05) is 18.2 Å². The maximum Gasteiger partial charge on any atom is 0.243 e. The summed E-state index contributed by atoms with van der Waals surface area (Å²) in [6, 6.07) is 7.19. The van der Waals surface area contributed by atoms with E-state index in [0.29, 0.717) is 23.9 Å². The molecule has 1 saturated heterocycles. The van der Waals surface area contributed by atoms with Crippen molar-refractivity contribution in [3.63, 3.8) is 0 Å². The molecule has 1 aromatic carbocycles. The fourth-order valence-corrected chi connectivity index (χ4v) is 4.98. The quantitative estimate of drug-likeness (QED) is 0.864. The van der Waals surface area contributed by atoms with Gasteiger partial charge in [0.25, 0.3) is 0 Å². The number of hydrogen-bond donors (Lipinski definition) is 0. The molecular weight excluding hydrogens is 310 g/mol. The van der Waals surface area contributed by atoms with Crippen LogP contribution in [0.2, 0.25) is 0 Å². The van der Waals surface area contributed by atoms with E-state index in [0.717, 1.165) is 30.8 Å². The topological polar surface area (TPSA) is 55.2 Å². The van der Waals surface area contributed by atoms with E-state index in [9.17, 15) is 8.42 Å². The van der Waals surface area contributed by atoms with Gasteiger partial charge in [-0.15, -0.1) is 0 Å². The number of rotatable bonds is 4. The molecule has 5 nitrogen and oxygen atoms in total. The van der Waals surface area contributed by atoms with E-state index in [4.69, 9.17) is 0 Å². The Bertz CT molecular complexity index is 775. The van der Waals surface area contributed by atoms with Gasteiger partial charge in [-0.05, 0) is 38.3 Å². The van der Waals surface area contributed by atoms with E-state index in [1.54, 1.807) is 16.4 Å². The molecule has 1 aromatic heterocycles. The third-order valence-electron chi connectivity index (χ3n) is 4.62. The first-order chi connectivity index (χ1) is 11.0. The monoisotopic (exact) mass is 333 g/mol. The molecule has 0 radical (unpaired) electrons. The van der Waals surface area contributed by atoms with Gasteiger partial charge in [-0.25, -0.2) is 13.4 Å². The van der Waals surface area contributed by atoms with Crippen molar-refractivity contribution in [3.8, 4) is 0 Å². The van der Waals surface area contributed by atoms with Crippen LogP contribution < -0.4 is 0 Å². The zero-order chi connectivity index (χ0) is 16.4. The summed E-state index contributed by atoms with van der Waals surface area (Å²) in [4.78, 5) is 4.89. The van der Waals surface area contributed by atoms with Crippen LogP contribution in [-0.4, -0.2) is 35.4 Å². The molecule has 0 bridgehead atoms. The predicted molar refractivity (Wildman–Crippen MR) is 89.8 cm³/mol. The summed E-state index contributed by atoms with van der Waals surface area (Å²) in [6.45, 7) is 5.95. The lowest BCUT2D eigenvalue weighted by molar-refractivity contribution is 0.309. The van der Waals surface area contributed by atoms with Crippen molar-refractivity contribution >= 4 is 10.0 Å². The second-order valence-electron chi connectivity index (χ2n) is 6.02. The van der Waals surface area contributed by atoms with E-state index in [-0.39, 0.29) is 0 Å². The highest BCUT2D eigenvalue weighted by molar-refractivity contribution is 7.89. The molecule has 0 spiro atoms. The van der Waals surface area contributed by atoms with Crippen LogP contribution in [0.3, 0.4) is 0 Å². The fraction of sp³-hybridized carbons (Fsp3) is 0.471. The first kappa shape index (κ1) is 16.2. The molecule has 0 N–H and O–H groups in total. The van der Waals surface area contributed by atoms with Crippen LogP contribution >= 0.6 is 0 Å². The highest BCUT2D eigenvalue weighted by Crippen LogP contribution is 2.30. The van der Waals surface area contributed by atoms with Crippen LogP contribution in [-0.2, 0) is 16.6 Å². The summed E-state index contributed by atoms with van der Waals surface area (Å²) >= 11 is 0. The minimum Gasteiger partial charge on any atom is -0.335 e. The number of nitrogens with zero attached hydrogens (tertiary/aromatic N) is 3. The normalized spacial score (nSPS) is 17.5. The van der Waals surface area contributed by atoms with Gasteiger partial charge in [0.15, 0.2) is 0 Å². The number of hydrogen-bond acceptors (Lipinski definition) is 3. The van der Waals surface area contributed by atoms with Crippen LogP contribution in [0, 0.1) is 6.92 Å². The number of aryl methyl sites for hydroxylation is 2. The van der Waals surface area contributed by atoms with Crippen LogP contribution in [0.4, 0.5) is 0 Å². The van der Waals surface area contributed by atoms with Gasteiger partial charge in [-0.3, -0.25) is 0 Å². The molecule has 1 fully saturated rings. The molecule has 0 atom stereocenters. The number of aromatic nitrogens is 2. The Hall–Kier alpha value is -1.66.